The van der Waals surface area contributed by atoms with Crippen molar-refractivity contribution in [2.24, 2.45) is 0 Å². The number of carboxylic acid groups (broad SMARTS) is 2. The average Bonchev–Trinajstić information content (AvgIpc) is 2.80. The Labute approximate surface area is 182 Å². The van der Waals surface area contributed by atoms with E-state index in [2.05, 4.69) is 58.3 Å². The van der Waals surface area contributed by atoms with Crippen LogP contribution in [-0.2, 0) is 29.1 Å². The molecule has 7 heteroatoms. The number of piperidine rings is 1. The predicted octanol–water partition coefficient (Wildman–Crippen LogP) is 2.87. The zero-order chi connectivity index (χ0) is 22.2. The van der Waals surface area contributed by atoms with Crippen LogP contribution in [0.3, 0.4) is 0 Å². The van der Waals surface area contributed by atoms with Gasteiger partial charge in [0.25, 0.3) is 0 Å². The predicted molar refractivity (Wildman–Crippen MR) is 117 cm³/mol. The Morgan fingerprint density at radius 2 is 1.55 bits per heavy atom. The number of aliphatic carboxylic acids is 2. The Hall–Kier alpha value is -2.90. The molecule has 4 rings (SSSR count). The van der Waals surface area contributed by atoms with E-state index in [-0.39, 0.29) is 0 Å². The summed E-state index contributed by atoms with van der Waals surface area (Å²) in [6.45, 7) is 5.82. The lowest BCUT2D eigenvalue weighted by molar-refractivity contribution is -0.159. The van der Waals surface area contributed by atoms with Crippen LogP contribution in [-0.4, -0.2) is 64.7 Å². The number of likely N-dealkylation sites (tertiary alicyclic amines) is 1. The van der Waals surface area contributed by atoms with E-state index in [1.54, 1.807) is 12.7 Å². The molecule has 0 unspecified atom stereocenters. The van der Waals surface area contributed by atoms with Crippen LogP contribution >= 0.6 is 0 Å². The minimum absolute atomic E-state index is 0.750. The SMILES string of the molecule is COc1ccc(CN2CCC(N3CCc4ccccc4C3)CC2)cc1.O=C(O)C(=O)O. The van der Waals surface area contributed by atoms with Gasteiger partial charge in [0.2, 0.25) is 0 Å². The molecule has 2 aliphatic heterocycles. The molecule has 0 atom stereocenters. The lowest BCUT2D eigenvalue weighted by atomic mass is 9.95. The highest BCUT2D eigenvalue weighted by molar-refractivity contribution is 6.27. The summed E-state index contributed by atoms with van der Waals surface area (Å²) in [5, 5.41) is 14.8. The van der Waals surface area contributed by atoms with Crippen LogP contribution in [0.5, 0.6) is 5.75 Å². The molecule has 2 aliphatic rings. The van der Waals surface area contributed by atoms with Gasteiger partial charge in [0, 0.05) is 25.7 Å². The first kappa shape index (κ1) is 22.8. The molecule has 2 heterocycles. The van der Waals surface area contributed by atoms with Crippen molar-refractivity contribution in [3.8, 4) is 5.75 Å². The van der Waals surface area contributed by atoms with E-state index in [1.807, 2.05) is 0 Å². The molecule has 0 saturated carbocycles. The Morgan fingerprint density at radius 1 is 0.935 bits per heavy atom. The van der Waals surface area contributed by atoms with Crippen LogP contribution < -0.4 is 4.74 Å². The summed E-state index contributed by atoms with van der Waals surface area (Å²) >= 11 is 0. The molecule has 2 aromatic carbocycles. The smallest absolute Gasteiger partial charge is 0.414 e. The molecule has 1 fully saturated rings. The third kappa shape index (κ3) is 6.54. The second-order valence-corrected chi connectivity index (χ2v) is 7.95. The normalized spacial score (nSPS) is 17.2. The topological polar surface area (TPSA) is 90.3 Å². The Morgan fingerprint density at radius 3 is 2.13 bits per heavy atom. The maximum absolute atomic E-state index is 9.10. The van der Waals surface area contributed by atoms with Crippen LogP contribution in [0.1, 0.15) is 29.5 Å². The number of fused-ring (bicyclic) bond motifs is 1. The molecular formula is C24H30N2O5. The van der Waals surface area contributed by atoms with E-state index in [1.165, 1.54) is 50.0 Å². The van der Waals surface area contributed by atoms with Gasteiger partial charge in [-0.2, -0.15) is 0 Å². The highest BCUT2D eigenvalue weighted by Gasteiger charge is 2.27. The molecule has 7 nitrogen and oxygen atoms in total. The van der Waals surface area contributed by atoms with Gasteiger partial charge in [-0.1, -0.05) is 36.4 Å². The van der Waals surface area contributed by atoms with Crippen molar-refractivity contribution < 1.29 is 24.5 Å². The maximum Gasteiger partial charge on any atom is 0.414 e. The molecule has 0 amide bonds. The number of hydrogen-bond acceptors (Lipinski definition) is 5. The van der Waals surface area contributed by atoms with Gasteiger partial charge >= 0.3 is 11.9 Å². The van der Waals surface area contributed by atoms with Crippen LogP contribution in [0.4, 0.5) is 0 Å². The number of methoxy groups -OCH3 is 1. The quantitative estimate of drug-likeness (QED) is 0.727. The molecule has 0 spiro atoms. The van der Waals surface area contributed by atoms with Gasteiger partial charge in [-0.05, 0) is 61.2 Å². The third-order valence-electron chi connectivity index (χ3n) is 5.98. The van der Waals surface area contributed by atoms with Crippen molar-refractivity contribution in [3.05, 3.63) is 65.2 Å². The molecule has 1 saturated heterocycles. The van der Waals surface area contributed by atoms with Crippen molar-refractivity contribution in [1.82, 2.24) is 9.80 Å². The molecule has 0 radical (unpaired) electrons. The minimum Gasteiger partial charge on any atom is -0.497 e. The van der Waals surface area contributed by atoms with Gasteiger partial charge in [-0.25, -0.2) is 9.59 Å². The van der Waals surface area contributed by atoms with E-state index in [0.717, 1.165) is 24.9 Å². The summed E-state index contributed by atoms with van der Waals surface area (Å²) < 4.78 is 5.25. The first-order chi connectivity index (χ1) is 15.0. The van der Waals surface area contributed by atoms with E-state index < -0.39 is 11.9 Å². The molecular weight excluding hydrogens is 396 g/mol. The zero-order valence-corrected chi connectivity index (χ0v) is 17.9. The van der Waals surface area contributed by atoms with Gasteiger partial charge in [0.1, 0.15) is 5.75 Å². The van der Waals surface area contributed by atoms with Crippen LogP contribution in [0.15, 0.2) is 48.5 Å². The Balaban J connectivity index is 0.000000401. The second-order valence-electron chi connectivity index (χ2n) is 7.95. The number of hydrogen-bond donors (Lipinski definition) is 2. The Bertz CT molecular complexity index is 864. The number of rotatable bonds is 4. The van der Waals surface area contributed by atoms with Gasteiger partial charge < -0.3 is 14.9 Å². The summed E-state index contributed by atoms with van der Waals surface area (Å²) in [6.07, 6.45) is 3.79. The van der Waals surface area contributed by atoms with Crippen molar-refractivity contribution in [3.63, 3.8) is 0 Å². The highest BCUT2D eigenvalue weighted by atomic mass is 16.5. The molecule has 2 N–H and O–H groups in total. The molecule has 31 heavy (non-hydrogen) atoms. The summed E-state index contributed by atoms with van der Waals surface area (Å²) in [5.74, 6) is -2.71. The fraction of sp³-hybridized carbons (Fsp3) is 0.417. The zero-order valence-electron chi connectivity index (χ0n) is 17.9. The third-order valence-corrected chi connectivity index (χ3v) is 5.98. The van der Waals surface area contributed by atoms with E-state index in [9.17, 15) is 0 Å². The average molecular weight is 427 g/mol. The second kappa shape index (κ2) is 10.9. The van der Waals surface area contributed by atoms with Gasteiger partial charge in [0.05, 0.1) is 7.11 Å². The van der Waals surface area contributed by atoms with Crippen molar-refractivity contribution in [2.45, 2.75) is 38.4 Å². The first-order valence-corrected chi connectivity index (χ1v) is 10.6. The monoisotopic (exact) mass is 426 g/mol. The van der Waals surface area contributed by atoms with Crippen LogP contribution in [0, 0.1) is 0 Å². The van der Waals surface area contributed by atoms with E-state index in [4.69, 9.17) is 24.5 Å². The molecule has 166 valence electrons. The summed E-state index contributed by atoms with van der Waals surface area (Å²) in [7, 11) is 1.72. The van der Waals surface area contributed by atoms with Gasteiger partial charge in [-0.15, -0.1) is 0 Å². The standard InChI is InChI=1S/C22H28N2O.C2H2O4/c1-25-22-8-6-18(7-9-22)16-23-13-11-21(12-14-23)24-15-10-19-4-2-3-5-20(19)17-24;3-1(4)2(5)6/h2-9,21H,10-17H2,1H3;(H,3,4)(H,5,6). The summed E-state index contributed by atoms with van der Waals surface area (Å²) in [4.78, 5) is 23.5. The highest BCUT2D eigenvalue weighted by Crippen LogP contribution is 2.25. The lowest BCUT2D eigenvalue weighted by Crippen LogP contribution is -2.46. The van der Waals surface area contributed by atoms with E-state index in [0.29, 0.717) is 0 Å². The number of nitrogens with zero attached hydrogens (tertiary/aromatic N) is 2. The summed E-state index contributed by atoms with van der Waals surface area (Å²) in [5.41, 5.74) is 4.47. The first-order valence-electron chi connectivity index (χ1n) is 10.6. The number of ether oxygens (including phenoxy) is 1. The molecule has 0 aromatic heterocycles. The minimum atomic E-state index is -1.82. The summed E-state index contributed by atoms with van der Waals surface area (Å²) in [6, 6.07) is 18.2. The van der Waals surface area contributed by atoms with Crippen molar-refractivity contribution in [1.29, 1.82) is 0 Å². The fourth-order valence-electron chi connectivity index (χ4n) is 4.26. The van der Waals surface area contributed by atoms with Crippen molar-refractivity contribution in [2.75, 3.05) is 26.7 Å². The maximum atomic E-state index is 9.10. The number of carbonyl (C=O) groups is 2. The Kier molecular flexibility index (Phi) is 8.03. The van der Waals surface area contributed by atoms with Crippen LogP contribution in [0.2, 0.25) is 0 Å². The molecule has 2 aromatic rings. The van der Waals surface area contributed by atoms with E-state index >= 15 is 0 Å². The number of benzene rings is 2. The number of carboxylic acids is 2. The largest absolute Gasteiger partial charge is 0.497 e. The van der Waals surface area contributed by atoms with Crippen molar-refractivity contribution >= 4 is 11.9 Å². The fourth-order valence-corrected chi connectivity index (χ4v) is 4.26. The lowest BCUT2D eigenvalue weighted by Gasteiger charge is -2.40. The van der Waals surface area contributed by atoms with Crippen LogP contribution in [0.25, 0.3) is 0 Å². The molecule has 0 bridgehead atoms. The van der Waals surface area contributed by atoms with Gasteiger partial charge in [0.15, 0.2) is 0 Å². The molecule has 0 aliphatic carbocycles. The van der Waals surface area contributed by atoms with Gasteiger partial charge in [-0.3, -0.25) is 9.80 Å².